The first-order valence-electron chi connectivity index (χ1n) is 6.88. The Kier molecular flexibility index (Phi) is 4.33. The van der Waals surface area contributed by atoms with Crippen molar-refractivity contribution in [3.63, 3.8) is 0 Å². The molecule has 1 saturated carbocycles. The lowest BCUT2D eigenvalue weighted by atomic mass is 9.93. The fourth-order valence-corrected chi connectivity index (χ4v) is 2.32. The molecule has 1 fully saturated rings. The zero-order valence-corrected chi connectivity index (χ0v) is 12.6. The summed E-state index contributed by atoms with van der Waals surface area (Å²) >= 11 is 0. The highest BCUT2D eigenvalue weighted by atomic mass is 16.5. The second-order valence-electron chi connectivity index (χ2n) is 5.43. The van der Waals surface area contributed by atoms with Crippen LogP contribution in [0.2, 0.25) is 0 Å². The molecule has 0 spiro atoms. The third-order valence-electron chi connectivity index (χ3n) is 3.85. The van der Waals surface area contributed by atoms with Crippen molar-refractivity contribution in [1.82, 2.24) is 0 Å². The highest BCUT2D eigenvalue weighted by molar-refractivity contribution is 5.87. The van der Waals surface area contributed by atoms with Crippen LogP contribution in [0.25, 0.3) is 0 Å². The van der Waals surface area contributed by atoms with Gasteiger partial charge in [-0.15, -0.1) is 0 Å². The first kappa shape index (κ1) is 14.9. The van der Waals surface area contributed by atoms with Gasteiger partial charge in [-0.25, -0.2) is 0 Å². The SMILES string of the molecule is COC(=O)C1(c2cc(C)ccc2OC[C@H](C)OC)CC1. The molecular formula is C16H22O4. The zero-order chi connectivity index (χ0) is 14.8. The van der Waals surface area contributed by atoms with Crippen LogP contribution in [-0.4, -0.2) is 32.9 Å². The van der Waals surface area contributed by atoms with Crippen LogP contribution in [0.5, 0.6) is 5.75 Å². The molecule has 0 saturated heterocycles. The molecule has 1 aliphatic rings. The van der Waals surface area contributed by atoms with Gasteiger partial charge in [0.1, 0.15) is 12.4 Å². The van der Waals surface area contributed by atoms with E-state index in [1.54, 1.807) is 7.11 Å². The lowest BCUT2D eigenvalue weighted by Crippen LogP contribution is -2.24. The minimum Gasteiger partial charge on any atom is -0.491 e. The third kappa shape index (κ3) is 2.80. The van der Waals surface area contributed by atoms with Gasteiger partial charge in [-0.05, 0) is 32.8 Å². The van der Waals surface area contributed by atoms with E-state index in [1.807, 2.05) is 32.0 Å². The van der Waals surface area contributed by atoms with Gasteiger partial charge in [0.25, 0.3) is 0 Å². The van der Waals surface area contributed by atoms with Gasteiger partial charge in [-0.3, -0.25) is 4.79 Å². The zero-order valence-electron chi connectivity index (χ0n) is 12.6. The number of rotatable bonds is 6. The summed E-state index contributed by atoms with van der Waals surface area (Å²) in [6, 6.07) is 5.94. The van der Waals surface area contributed by atoms with Crippen molar-refractivity contribution in [2.24, 2.45) is 0 Å². The predicted molar refractivity (Wildman–Crippen MR) is 76.1 cm³/mol. The van der Waals surface area contributed by atoms with Crippen molar-refractivity contribution < 1.29 is 19.0 Å². The average Bonchev–Trinajstić information content (AvgIpc) is 3.26. The molecule has 4 heteroatoms. The topological polar surface area (TPSA) is 44.8 Å². The van der Waals surface area contributed by atoms with Crippen molar-refractivity contribution in [2.75, 3.05) is 20.8 Å². The van der Waals surface area contributed by atoms with E-state index in [4.69, 9.17) is 14.2 Å². The van der Waals surface area contributed by atoms with Crippen molar-refractivity contribution in [3.05, 3.63) is 29.3 Å². The molecule has 0 radical (unpaired) electrons. The number of methoxy groups -OCH3 is 2. The number of ether oxygens (including phenoxy) is 3. The Morgan fingerprint density at radius 2 is 2.05 bits per heavy atom. The lowest BCUT2D eigenvalue weighted by molar-refractivity contribution is -0.143. The molecule has 0 unspecified atom stereocenters. The summed E-state index contributed by atoms with van der Waals surface area (Å²) in [5.41, 5.74) is 1.54. The maximum atomic E-state index is 12.1. The normalized spacial score (nSPS) is 17.4. The van der Waals surface area contributed by atoms with E-state index in [0.717, 1.165) is 29.7 Å². The molecule has 1 aliphatic carbocycles. The summed E-state index contributed by atoms with van der Waals surface area (Å²) in [5.74, 6) is 0.579. The van der Waals surface area contributed by atoms with Crippen LogP contribution in [-0.2, 0) is 19.7 Å². The molecule has 1 atom stereocenters. The molecule has 0 amide bonds. The maximum absolute atomic E-state index is 12.1. The Labute approximate surface area is 120 Å². The van der Waals surface area contributed by atoms with E-state index < -0.39 is 5.41 Å². The van der Waals surface area contributed by atoms with Crippen LogP contribution < -0.4 is 4.74 Å². The standard InChI is InChI=1S/C16H22O4/c1-11-5-6-14(20-10-12(2)18-3)13(9-11)16(7-8-16)15(17)19-4/h5-6,9,12H,7-8,10H2,1-4H3/t12-/m0/s1. The highest BCUT2D eigenvalue weighted by Crippen LogP contribution is 2.52. The average molecular weight is 278 g/mol. The van der Waals surface area contributed by atoms with E-state index in [2.05, 4.69) is 0 Å². The monoisotopic (exact) mass is 278 g/mol. The van der Waals surface area contributed by atoms with Crippen molar-refractivity contribution in [2.45, 2.75) is 38.2 Å². The molecule has 20 heavy (non-hydrogen) atoms. The Hall–Kier alpha value is -1.55. The maximum Gasteiger partial charge on any atom is 0.316 e. The smallest absolute Gasteiger partial charge is 0.316 e. The molecule has 4 nitrogen and oxygen atoms in total. The van der Waals surface area contributed by atoms with Gasteiger partial charge in [0.2, 0.25) is 0 Å². The third-order valence-corrected chi connectivity index (χ3v) is 3.85. The lowest BCUT2D eigenvalue weighted by Gasteiger charge is -2.20. The highest BCUT2D eigenvalue weighted by Gasteiger charge is 2.54. The van der Waals surface area contributed by atoms with Crippen LogP contribution in [0.3, 0.4) is 0 Å². The largest absolute Gasteiger partial charge is 0.491 e. The van der Waals surface area contributed by atoms with E-state index in [0.29, 0.717) is 6.61 Å². The van der Waals surface area contributed by atoms with Gasteiger partial charge in [0.15, 0.2) is 0 Å². The van der Waals surface area contributed by atoms with Crippen LogP contribution in [0.1, 0.15) is 30.9 Å². The number of hydrogen-bond acceptors (Lipinski definition) is 4. The first-order chi connectivity index (χ1) is 9.53. The molecule has 2 rings (SSSR count). The van der Waals surface area contributed by atoms with E-state index in [9.17, 15) is 4.79 Å². The molecule has 0 heterocycles. The number of benzene rings is 1. The van der Waals surface area contributed by atoms with Crippen LogP contribution in [0, 0.1) is 6.92 Å². The van der Waals surface area contributed by atoms with Gasteiger partial charge in [0, 0.05) is 12.7 Å². The van der Waals surface area contributed by atoms with Crippen LogP contribution in [0.15, 0.2) is 18.2 Å². The van der Waals surface area contributed by atoms with Crippen molar-refractivity contribution in [1.29, 1.82) is 0 Å². The van der Waals surface area contributed by atoms with Crippen LogP contribution >= 0.6 is 0 Å². The second-order valence-corrected chi connectivity index (χ2v) is 5.43. The quantitative estimate of drug-likeness (QED) is 0.750. The Morgan fingerprint density at radius 3 is 2.60 bits per heavy atom. The number of carbonyl (C=O) groups excluding carboxylic acids is 1. The van der Waals surface area contributed by atoms with Gasteiger partial charge in [0.05, 0.1) is 18.6 Å². The summed E-state index contributed by atoms with van der Waals surface area (Å²) in [7, 11) is 3.09. The molecule has 1 aromatic rings. The summed E-state index contributed by atoms with van der Waals surface area (Å²) in [4.78, 5) is 12.1. The van der Waals surface area contributed by atoms with Gasteiger partial charge in [-0.2, -0.15) is 0 Å². The second kappa shape index (κ2) is 5.83. The molecule has 0 aromatic heterocycles. The molecule has 110 valence electrons. The van der Waals surface area contributed by atoms with Crippen LogP contribution in [0.4, 0.5) is 0 Å². The van der Waals surface area contributed by atoms with Gasteiger partial charge in [-0.1, -0.05) is 17.7 Å². The molecule has 0 aliphatic heterocycles. The number of esters is 1. The Morgan fingerprint density at radius 1 is 1.35 bits per heavy atom. The number of aryl methyl sites for hydroxylation is 1. The molecule has 0 N–H and O–H groups in total. The number of hydrogen-bond donors (Lipinski definition) is 0. The minimum atomic E-state index is -0.508. The summed E-state index contributed by atoms with van der Waals surface area (Å²) in [6.45, 7) is 4.42. The first-order valence-corrected chi connectivity index (χ1v) is 6.88. The Balaban J connectivity index is 2.27. The fraction of sp³-hybridized carbons (Fsp3) is 0.562. The summed E-state index contributed by atoms with van der Waals surface area (Å²) in [6.07, 6.45) is 1.65. The van der Waals surface area contributed by atoms with Crippen molar-refractivity contribution >= 4 is 5.97 Å². The molecular weight excluding hydrogens is 256 g/mol. The van der Waals surface area contributed by atoms with Gasteiger partial charge >= 0.3 is 5.97 Å². The van der Waals surface area contributed by atoms with Crippen molar-refractivity contribution in [3.8, 4) is 5.75 Å². The van der Waals surface area contributed by atoms with E-state index in [-0.39, 0.29) is 12.1 Å². The summed E-state index contributed by atoms with van der Waals surface area (Å²) in [5, 5.41) is 0. The predicted octanol–water partition coefficient (Wildman–Crippen LogP) is 2.61. The Bertz CT molecular complexity index is 491. The number of carbonyl (C=O) groups is 1. The van der Waals surface area contributed by atoms with Gasteiger partial charge < -0.3 is 14.2 Å². The minimum absolute atomic E-state index is 0.0115. The molecule has 1 aromatic carbocycles. The van der Waals surface area contributed by atoms with E-state index in [1.165, 1.54) is 7.11 Å². The fourth-order valence-electron chi connectivity index (χ4n) is 2.32. The van der Waals surface area contributed by atoms with E-state index >= 15 is 0 Å². The summed E-state index contributed by atoms with van der Waals surface area (Å²) < 4.78 is 16.0. The molecule has 0 bridgehead atoms.